The van der Waals surface area contributed by atoms with E-state index in [1.807, 2.05) is 0 Å². The van der Waals surface area contributed by atoms with E-state index in [4.69, 9.17) is 0 Å². The summed E-state index contributed by atoms with van der Waals surface area (Å²) >= 11 is 0. The van der Waals surface area contributed by atoms with Gasteiger partial charge in [0, 0.05) is 6.54 Å². The number of nitrogens with one attached hydrogen (secondary N) is 1. The van der Waals surface area contributed by atoms with E-state index in [0.29, 0.717) is 5.41 Å². The Morgan fingerprint density at radius 1 is 1.05 bits per heavy atom. The van der Waals surface area contributed by atoms with Crippen molar-refractivity contribution in [2.24, 2.45) is 11.3 Å². The Labute approximate surface area is 126 Å². The third kappa shape index (κ3) is 6.09. The summed E-state index contributed by atoms with van der Waals surface area (Å²) in [6.07, 6.45) is 6.41. The van der Waals surface area contributed by atoms with Gasteiger partial charge in [-0.3, -0.25) is 0 Å². The summed E-state index contributed by atoms with van der Waals surface area (Å²) in [5.74, 6) is 0.741. The minimum atomic E-state index is 0.490. The van der Waals surface area contributed by atoms with Crippen LogP contribution in [0.4, 0.5) is 0 Å². The second kappa shape index (κ2) is 9.18. The van der Waals surface area contributed by atoms with Gasteiger partial charge in [0.2, 0.25) is 0 Å². The minimum absolute atomic E-state index is 0.490. The third-order valence-corrected chi connectivity index (χ3v) is 4.57. The fourth-order valence-corrected chi connectivity index (χ4v) is 2.88. The number of benzene rings is 1. The van der Waals surface area contributed by atoms with Crippen LogP contribution >= 0.6 is 0 Å². The topological polar surface area (TPSA) is 12.0 Å². The van der Waals surface area contributed by atoms with Gasteiger partial charge in [-0.2, -0.15) is 0 Å². The van der Waals surface area contributed by atoms with E-state index in [-0.39, 0.29) is 0 Å². The molecular weight excluding hydrogens is 242 g/mol. The Morgan fingerprint density at radius 3 is 2.25 bits per heavy atom. The molecular formula is C19H33N. The van der Waals surface area contributed by atoms with Crippen LogP contribution in [0.25, 0.3) is 0 Å². The van der Waals surface area contributed by atoms with Crippen molar-refractivity contribution in [3.05, 3.63) is 35.9 Å². The molecule has 0 aliphatic heterocycles. The zero-order valence-corrected chi connectivity index (χ0v) is 13.9. The summed E-state index contributed by atoms with van der Waals surface area (Å²) in [5.41, 5.74) is 1.97. The van der Waals surface area contributed by atoms with Crippen molar-refractivity contribution >= 4 is 0 Å². The largest absolute Gasteiger partial charge is 0.316 e. The van der Waals surface area contributed by atoms with Crippen molar-refractivity contribution in [1.82, 2.24) is 5.32 Å². The first-order valence-electron chi connectivity index (χ1n) is 8.36. The van der Waals surface area contributed by atoms with E-state index in [0.717, 1.165) is 12.5 Å². The van der Waals surface area contributed by atoms with Gasteiger partial charge < -0.3 is 5.32 Å². The first kappa shape index (κ1) is 17.2. The highest BCUT2D eigenvalue weighted by Crippen LogP contribution is 2.32. The van der Waals surface area contributed by atoms with Gasteiger partial charge in [0.25, 0.3) is 0 Å². The molecule has 1 rings (SSSR count). The summed E-state index contributed by atoms with van der Waals surface area (Å²) < 4.78 is 0. The predicted molar refractivity (Wildman–Crippen MR) is 90.1 cm³/mol. The van der Waals surface area contributed by atoms with Crippen LogP contribution in [0.15, 0.2) is 30.3 Å². The molecule has 0 heterocycles. The maximum absolute atomic E-state index is 3.68. The molecule has 114 valence electrons. The Kier molecular flexibility index (Phi) is 7.91. The lowest BCUT2D eigenvalue weighted by molar-refractivity contribution is 0.219. The molecule has 0 aliphatic rings. The van der Waals surface area contributed by atoms with Crippen LogP contribution in [0.5, 0.6) is 0 Å². The third-order valence-electron chi connectivity index (χ3n) is 4.57. The highest BCUT2D eigenvalue weighted by Gasteiger charge is 2.25. The van der Waals surface area contributed by atoms with Gasteiger partial charge in [-0.15, -0.1) is 0 Å². The standard InChI is InChI=1S/C19H33N/c1-5-19(6-2,16-20-15-17(3)4)14-10-13-18-11-8-7-9-12-18/h7-9,11-12,17,20H,5-6,10,13-16H2,1-4H3. The highest BCUT2D eigenvalue weighted by molar-refractivity contribution is 5.14. The first-order valence-corrected chi connectivity index (χ1v) is 8.36. The molecule has 1 heteroatoms. The lowest BCUT2D eigenvalue weighted by Crippen LogP contribution is -2.35. The first-order chi connectivity index (χ1) is 9.62. The van der Waals surface area contributed by atoms with Crippen LogP contribution in [0.1, 0.15) is 58.9 Å². The molecule has 0 radical (unpaired) electrons. The van der Waals surface area contributed by atoms with Crippen LogP contribution in [0, 0.1) is 11.3 Å². The van der Waals surface area contributed by atoms with Gasteiger partial charge in [0.15, 0.2) is 0 Å². The SMILES string of the molecule is CCC(CC)(CCCc1ccccc1)CNCC(C)C. The van der Waals surface area contributed by atoms with Gasteiger partial charge in [0.1, 0.15) is 0 Å². The van der Waals surface area contributed by atoms with Crippen LogP contribution in [-0.2, 0) is 6.42 Å². The van der Waals surface area contributed by atoms with Crippen molar-refractivity contribution < 1.29 is 0 Å². The molecule has 20 heavy (non-hydrogen) atoms. The monoisotopic (exact) mass is 275 g/mol. The zero-order valence-electron chi connectivity index (χ0n) is 13.9. The predicted octanol–water partition coefficient (Wildman–Crippen LogP) is 5.06. The maximum Gasteiger partial charge on any atom is 0.000771 e. The second-order valence-electron chi connectivity index (χ2n) is 6.57. The van der Waals surface area contributed by atoms with Gasteiger partial charge in [-0.05, 0) is 55.5 Å². The van der Waals surface area contributed by atoms with Crippen LogP contribution < -0.4 is 5.32 Å². The van der Waals surface area contributed by atoms with Gasteiger partial charge in [-0.25, -0.2) is 0 Å². The number of aryl methyl sites for hydroxylation is 1. The molecule has 1 N–H and O–H groups in total. The normalized spacial score (nSPS) is 12.1. The summed E-state index contributed by atoms with van der Waals surface area (Å²) in [5, 5.41) is 3.68. The van der Waals surface area contributed by atoms with E-state index in [1.165, 1.54) is 44.2 Å². The molecule has 0 bridgehead atoms. The van der Waals surface area contributed by atoms with E-state index in [1.54, 1.807) is 0 Å². The molecule has 0 saturated carbocycles. The molecule has 1 aromatic rings. The molecule has 0 spiro atoms. The fraction of sp³-hybridized carbons (Fsp3) is 0.684. The van der Waals surface area contributed by atoms with Gasteiger partial charge in [0.05, 0.1) is 0 Å². The lowest BCUT2D eigenvalue weighted by Gasteiger charge is -2.32. The van der Waals surface area contributed by atoms with Crippen molar-refractivity contribution in [3.8, 4) is 0 Å². The molecule has 0 atom stereocenters. The molecule has 0 amide bonds. The quantitative estimate of drug-likeness (QED) is 0.629. The Morgan fingerprint density at radius 2 is 1.70 bits per heavy atom. The van der Waals surface area contributed by atoms with Crippen molar-refractivity contribution in [2.75, 3.05) is 13.1 Å². The average molecular weight is 275 g/mol. The highest BCUT2D eigenvalue weighted by atomic mass is 14.9. The van der Waals surface area contributed by atoms with Crippen LogP contribution in [0.3, 0.4) is 0 Å². The summed E-state index contributed by atoms with van der Waals surface area (Å²) in [6, 6.07) is 10.9. The van der Waals surface area contributed by atoms with Crippen molar-refractivity contribution in [2.45, 2.75) is 59.8 Å². The Hall–Kier alpha value is -0.820. The number of rotatable bonds is 10. The molecule has 1 nitrogen and oxygen atoms in total. The van der Waals surface area contributed by atoms with Crippen molar-refractivity contribution in [3.63, 3.8) is 0 Å². The second-order valence-corrected chi connectivity index (χ2v) is 6.57. The van der Waals surface area contributed by atoms with E-state index in [9.17, 15) is 0 Å². The van der Waals surface area contributed by atoms with E-state index < -0.39 is 0 Å². The average Bonchev–Trinajstić information content (AvgIpc) is 2.46. The summed E-state index contributed by atoms with van der Waals surface area (Å²) in [7, 11) is 0. The Bertz CT molecular complexity index is 338. The molecule has 0 fully saturated rings. The van der Waals surface area contributed by atoms with Gasteiger partial charge >= 0.3 is 0 Å². The summed E-state index contributed by atoms with van der Waals surface area (Å²) in [6.45, 7) is 11.6. The Balaban J connectivity index is 2.41. The minimum Gasteiger partial charge on any atom is -0.316 e. The zero-order chi connectivity index (χ0) is 14.8. The molecule has 0 unspecified atom stereocenters. The van der Waals surface area contributed by atoms with E-state index >= 15 is 0 Å². The van der Waals surface area contributed by atoms with E-state index in [2.05, 4.69) is 63.3 Å². The van der Waals surface area contributed by atoms with Gasteiger partial charge in [-0.1, -0.05) is 58.0 Å². The smallest absolute Gasteiger partial charge is 0.000771 e. The number of hydrogen-bond acceptors (Lipinski definition) is 1. The lowest BCUT2D eigenvalue weighted by atomic mass is 9.77. The van der Waals surface area contributed by atoms with Crippen LogP contribution in [-0.4, -0.2) is 13.1 Å². The molecule has 0 aliphatic carbocycles. The molecule has 0 saturated heterocycles. The fourth-order valence-electron chi connectivity index (χ4n) is 2.88. The van der Waals surface area contributed by atoms with Crippen LogP contribution in [0.2, 0.25) is 0 Å². The molecule has 0 aromatic heterocycles. The van der Waals surface area contributed by atoms with Crippen molar-refractivity contribution in [1.29, 1.82) is 0 Å². The molecule has 1 aromatic carbocycles. The summed E-state index contributed by atoms with van der Waals surface area (Å²) in [4.78, 5) is 0. The number of hydrogen-bond donors (Lipinski definition) is 1. The maximum atomic E-state index is 3.68.